The Balaban J connectivity index is 1.99. The first-order chi connectivity index (χ1) is 8.59. The summed E-state index contributed by atoms with van der Waals surface area (Å²) in [4.78, 5) is 28.9. The number of carboxylic acids is 1. The van der Waals surface area contributed by atoms with Crippen LogP contribution in [0.1, 0.15) is 6.42 Å². The molecule has 102 valence electrons. The summed E-state index contributed by atoms with van der Waals surface area (Å²) in [6.07, 6.45) is 0.945. The first-order valence-corrected chi connectivity index (χ1v) is 7.29. The van der Waals surface area contributed by atoms with Crippen LogP contribution in [0.25, 0.3) is 0 Å². The van der Waals surface area contributed by atoms with Crippen LogP contribution >= 0.6 is 11.8 Å². The van der Waals surface area contributed by atoms with Crippen molar-refractivity contribution >= 4 is 23.8 Å². The first kappa shape index (κ1) is 13.5. The van der Waals surface area contributed by atoms with Crippen LogP contribution in [0.15, 0.2) is 0 Å². The second-order valence-electron chi connectivity index (χ2n) is 4.75. The van der Waals surface area contributed by atoms with Gasteiger partial charge in [-0.05, 0) is 20.0 Å². The van der Waals surface area contributed by atoms with E-state index in [9.17, 15) is 9.59 Å². The zero-order chi connectivity index (χ0) is 13.1. The van der Waals surface area contributed by atoms with E-state index in [4.69, 9.17) is 5.11 Å². The normalized spacial score (nSPS) is 26.2. The SMILES string of the molecule is CN1CCCN(C(=O)N2CSCC2C(=O)O)CC1. The molecule has 0 aromatic heterocycles. The predicted octanol–water partition coefficient (Wildman–Crippen LogP) is 0.203. The van der Waals surface area contributed by atoms with E-state index < -0.39 is 12.0 Å². The number of aliphatic carboxylic acids is 1. The van der Waals surface area contributed by atoms with Crippen molar-refractivity contribution in [3.63, 3.8) is 0 Å². The van der Waals surface area contributed by atoms with Crippen molar-refractivity contribution in [2.75, 3.05) is 44.9 Å². The van der Waals surface area contributed by atoms with Gasteiger partial charge >= 0.3 is 12.0 Å². The Bertz CT molecular complexity index is 339. The third-order valence-corrected chi connectivity index (χ3v) is 4.42. The van der Waals surface area contributed by atoms with Crippen LogP contribution in [0.5, 0.6) is 0 Å². The summed E-state index contributed by atoms with van der Waals surface area (Å²) in [6.45, 7) is 3.24. The van der Waals surface area contributed by atoms with Gasteiger partial charge in [-0.3, -0.25) is 0 Å². The number of nitrogens with zero attached hydrogens (tertiary/aromatic N) is 3. The average molecular weight is 273 g/mol. The highest BCUT2D eigenvalue weighted by Crippen LogP contribution is 2.22. The maximum absolute atomic E-state index is 12.3. The Labute approximate surface area is 111 Å². The van der Waals surface area contributed by atoms with Crippen molar-refractivity contribution in [2.24, 2.45) is 0 Å². The number of thioether (sulfide) groups is 1. The first-order valence-electron chi connectivity index (χ1n) is 6.14. The lowest BCUT2D eigenvalue weighted by Gasteiger charge is -2.28. The van der Waals surface area contributed by atoms with E-state index in [-0.39, 0.29) is 6.03 Å². The molecule has 2 amide bonds. The van der Waals surface area contributed by atoms with E-state index >= 15 is 0 Å². The van der Waals surface area contributed by atoms with Gasteiger partial charge in [-0.1, -0.05) is 0 Å². The minimum absolute atomic E-state index is 0.122. The molecule has 0 saturated carbocycles. The summed E-state index contributed by atoms with van der Waals surface area (Å²) in [5.74, 6) is 0.0806. The van der Waals surface area contributed by atoms with Crippen LogP contribution < -0.4 is 0 Å². The molecule has 2 fully saturated rings. The molecule has 0 aromatic carbocycles. The van der Waals surface area contributed by atoms with Gasteiger partial charge in [0.25, 0.3) is 0 Å². The summed E-state index contributed by atoms with van der Waals surface area (Å²) in [5.41, 5.74) is 0. The Kier molecular flexibility index (Phi) is 4.34. The van der Waals surface area contributed by atoms with Gasteiger partial charge in [0.05, 0.1) is 5.88 Å². The Morgan fingerprint density at radius 1 is 1.22 bits per heavy atom. The molecular formula is C11H19N3O3S. The minimum atomic E-state index is -0.903. The summed E-state index contributed by atoms with van der Waals surface area (Å²) in [7, 11) is 2.04. The number of hydrogen-bond donors (Lipinski definition) is 1. The molecule has 2 aliphatic rings. The maximum atomic E-state index is 12.3. The van der Waals surface area contributed by atoms with Gasteiger partial charge in [0, 0.05) is 25.4 Å². The minimum Gasteiger partial charge on any atom is -0.480 e. The highest BCUT2D eigenvalue weighted by Gasteiger charge is 2.36. The number of carbonyl (C=O) groups is 2. The average Bonchev–Trinajstić information content (AvgIpc) is 2.72. The quantitative estimate of drug-likeness (QED) is 0.739. The molecule has 2 rings (SSSR count). The summed E-state index contributed by atoms with van der Waals surface area (Å²) >= 11 is 1.50. The fourth-order valence-electron chi connectivity index (χ4n) is 2.26. The number of urea groups is 1. The molecule has 18 heavy (non-hydrogen) atoms. The lowest BCUT2D eigenvalue weighted by atomic mass is 10.3. The number of carbonyl (C=O) groups excluding carboxylic acids is 1. The number of carboxylic acid groups (broad SMARTS) is 1. The number of hydrogen-bond acceptors (Lipinski definition) is 4. The molecule has 1 N–H and O–H groups in total. The van der Waals surface area contributed by atoms with E-state index in [0.717, 1.165) is 26.1 Å². The molecule has 0 aliphatic carbocycles. The molecule has 6 nitrogen and oxygen atoms in total. The fraction of sp³-hybridized carbons (Fsp3) is 0.818. The van der Waals surface area contributed by atoms with Crippen LogP contribution in [0.3, 0.4) is 0 Å². The molecule has 0 radical (unpaired) electrons. The van der Waals surface area contributed by atoms with Crippen molar-refractivity contribution in [3.05, 3.63) is 0 Å². The van der Waals surface area contributed by atoms with Gasteiger partial charge in [0.1, 0.15) is 6.04 Å². The third-order valence-electron chi connectivity index (χ3n) is 3.40. The topological polar surface area (TPSA) is 64.1 Å². The summed E-state index contributed by atoms with van der Waals surface area (Å²) in [6, 6.07) is -0.786. The van der Waals surface area contributed by atoms with Crippen LogP contribution in [0.4, 0.5) is 4.79 Å². The Morgan fingerprint density at radius 2 is 2.00 bits per heavy atom. The van der Waals surface area contributed by atoms with Gasteiger partial charge in [0.2, 0.25) is 0 Å². The van der Waals surface area contributed by atoms with Crippen LogP contribution in [0, 0.1) is 0 Å². The van der Waals surface area contributed by atoms with Gasteiger partial charge < -0.3 is 19.8 Å². The van der Waals surface area contributed by atoms with Gasteiger partial charge in [0.15, 0.2) is 0 Å². The molecule has 2 heterocycles. The molecule has 7 heteroatoms. The number of rotatable bonds is 1. The number of amides is 2. The zero-order valence-corrected chi connectivity index (χ0v) is 11.4. The Morgan fingerprint density at radius 3 is 2.72 bits per heavy atom. The summed E-state index contributed by atoms with van der Waals surface area (Å²) < 4.78 is 0. The van der Waals surface area contributed by atoms with Crippen LogP contribution in [0.2, 0.25) is 0 Å². The molecule has 0 bridgehead atoms. The standard InChI is InChI=1S/C11H19N3O3S/c1-12-3-2-4-13(6-5-12)11(17)14-8-18-7-9(14)10(15)16/h9H,2-8H2,1H3,(H,15,16). The second kappa shape index (κ2) is 5.79. The van der Waals surface area contributed by atoms with Crippen molar-refractivity contribution in [1.29, 1.82) is 0 Å². The Hall–Kier alpha value is -0.950. The molecule has 2 aliphatic heterocycles. The van der Waals surface area contributed by atoms with E-state index in [0.29, 0.717) is 18.2 Å². The van der Waals surface area contributed by atoms with E-state index in [1.54, 1.807) is 4.90 Å². The second-order valence-corrected chi connectivity index (χ2v) is 5.75. The highest BCUT2D eigenvalue weighted by molar-refractivity contribution is 7.99. The van der Waals surface area contributed by atoms with E-state index in [2.05, 4.69) is 4.90 Å². The predicted molar refractivity (Wildman–Crippen MR) is 69.7 cm³/mol. The molecule has 0 aromatic rings. The van der Waals surface area contributed by atoms with Crippen LogP contribution in [-0.2, 0) is 4.79 Å². The van der Waals surface area contributed by atoms with E-state index in [1.165, 1.54) is 16.7 Å². The molecule has 1 unspecified atom stereocenters. The van der Waals surface area contributed by atoms with Crippen molar-refractivity contribution < 1.29 is 14.7 Å². The van der Waals surface area contributed by atoms with Crippen molar-refractivity contribution in [3.8, 4) is 0 Å². The third kappa shape index (κ3) is 2.89. The molecular weight excluding hydrogens is 254 g/mol. The van der Waals surface area contributed by atoms with Crippen molar-refractivity contribution in [2.45, 2.75) is 12.5 Å². The molecule has 2 saturated heterocycles. The maximum Gasteiger partial charge on any atom is 0.327 e. The monoisotopic (exact) mass is 273 g/mol. The highest BCUT2D eigenvalue weighted by atomic mass is 32.2. The van der Waals surface area contributed by atoms with Crippen molar-refractivity contribution in [1.82, 2.24) is 14.7 Å². The summed E-state index contributed by atoms with van der Waals surface area (Å²) in [5, 5.41) is 9.09. The van der Waals surface area contributed by atoms with Crippen LogP contribution in [-0.4, -0.2) is 82.7 Å². The van der Waals surface area contributed by atoms with Gasteiger partial charge in [-0.25, -0.2) is 9.59 Å². The molecule has 0 spiro atoms. The number of likely N-dealkylation sites (N-methyl/N-ethyl adjacent to an activating group) is 1. The lowest BCUT2D eigenvalue weighted by Crippen LogP contribution is -2.49. The van der Waals surface area contributed by atoms with Gasteiger partial charge in [-0.15, -0.1) is 11.8 Å². The molecule has 1 atom stereocenters. The zero-order valence-electron chi connectivity index (χ0n) is 10.5. The fourth-order valence-corrected chi connectivity index (χ4v) is 3.39. The van der Waals surface area contributed by atoms with E-state index in [1.807, 2.05) is 7.05 Å². The van der Waals surface area contributed by atoms with Gasteiger partial charge in [-0.2, -0.15) is 0 Å². The smallest absolute Gasteiger partial charge is 0.327 e. The largest absolute Gasteiger partial charge is 0.480 e. The lowest BCUT2D eigenvalue weighted by molar-refractivity contribution is -0.140.